The zero-order valence-corrected chi connectivity index (χ0v) is 10.5. The molecule has 0 spiro atoms. The van der Waals surface area contributed by atoms with Crippen LogP contribution >= 0.6 is 11.6 Å². The summed E-state index contributed by atoms with van der Waals surface area (Å²) < 4.78 is 0. The lowest BCUT2D eigenvalue weighted by Gasteiger charge is -2.23. The number of nitrogens with zero attached hydrogens (tertiary/aromatic N) is 2. The maximum absolute atomic E-state index is 9.07. The average Bonchev–Trinajstić information content (AvgIpc) is 2.35. The van der Waals surface area contributed by atoms with Crippen LogP contribution in [0.1, 0.15) is 6.92 Å². The van der Waals surface area contributed by atoms with Crippen molar-refractivity contribution in [3.63, 3.8) is 0 Å². The molecule has 2 aromatic rings. The number of halogens is 1. The SMILES string of the molecule is CCN(CCO)c1ccnc2cc(Cl)ccc12. The Hall–Kier alpha value is -1.32. The van der Waals surface area contributed by atoms with Gasteiger partial charge in [-0.05, 0) is 31.2 Å². The minimum atomic E-state index is 0.144. The van der Waals surface area contributed by atoms with E-state index in [4.69, 9.17) is 16.7 Å². The summed E-state index contributed by atoms with van der Waals surface area (Å²) in [6, 6.07) is 7.66. The van der Waals surface area contributed by atoms with E-state index in [9.17, 15) is 0 Å². The van der Waals surface area contributed by atoms with Crippen LogP contribution in [0.15, 0.2) is 30.5 Å². The highest BCUT2D eigenvalue weighted by molar-refractivity contribution is 6.31. The first-order chi connectivity index (χ1) is 8.26. The van der Waals surface area contributed by atoms with Crippen molar-refractivity contribution in [2.24, 2.45) is 0 Å². The molecule has 1 heterocycles. The van der Waals surface area contributed by atoms with Gasteiger partial charge in [0, 0.05) is 35.4 Å². The molecule has 17 heavy (non-hydrogen) atoms. The third kappa shape index (κ3) is 2.51. The molecule has 0 bridgehead atoms. The Labute approximate surface area is 106 Å². The highest BCUT2D eigenvalue weighted by Crippen LogP contribution is 2.27. The van der Waals surface area contributed by atoms with E-state index in [-0.39, 0.29) is 6.61 Å². The zero-order chi connectivity index (χ0) is 12.3. The summed E-state index contributed by atoms with van der Waals surface area (Å²) in [5, 5.41) is 10.8. The lowest BCUT2D eigenvalue weighted by Crippen LogP contribution is -2.26. The van der Waals surface area contributed by atoms with Crippen LogP contribution in [0.25, 0.3) is 10.9 Å². The van der Waals surface area contributed by atoms with Gasteiger partial charge in [-0.1, -0.05) is 11.6 Å². The standard InChI is InChI=1S/C13H15ClN2O/c1-2-16(7-8-17)13-5-6-15-12-9-10(14)3-4-11(12)13/h3-6,9,17H,2,7-8H2,1H3. The molecule has 1 aromatic heterocycles. The number of aliphatic hydroxyl groups excluding tert-OH is 1. The molecule has 1 aromatic carbocycles. The largest absolute Gasteiger partial charge is 0.395 e. The molecule has 0 radical (unpaired) electrons. The predicted octanol–water partition coefficient (Wildman–Crippen LogP) is 2.71. The van der Waals surface area contributed by atoms with E-state index in [2.05, 4.69) is 16.8 Å². The fourth-order valence-corrected chi connectivity index (χ4v) is 2.12. The minimum absolute atomic E-state index is 0.144. The maximum Gasteiger partial charge on any atom is 0.0737 e. The minimum Gasteiger partial charge on any atom is -0.395 e. The van der Waals surface area contributed by atoms with Crippen LogP contribution < -0.4 is 4.90 Å². The zero-order valence-electron chi connectivity index (χ0n) is 9.73. The molecule has 0 aliphatic carbocycles. The number of hydrogen-bond donors (Lipinski definition) is 1. The van der Waals surface area contributed by atoms with Crippen molar-refractivity contribution in [1.82, 2.24) is 4.98 Å². The second kappa shape index (κ2) is 5.34. The Morgan fingerprint density at radius 3 is 2.88 bits per heavy atom. The summed E-state index contributed by atoms with van der Waals surface area (Å²) in [5.41, 5.74) is 1.97. The van der Waals surface area contributed by atoms with Gasteiger partial charge in [-0.15, -0.1) is 0 Å². The van der Waals surface area contributed by atoms with Crippen molar-refractivity contribution in [1.29, 1.82) is 0 Å². The number of anilines is 1. The quantitative estimate of drug-likeness (QED) is 0.907. The lowest BCUT2D eigenvalue weighted by molar-refractivity contribution is 0.302. The first-order valence-corrected chi connectivity index (χ1v) is 6.04. The third-order valence-corrected chi connectivity index (χ3v) is 3.01. The van der Waals surface area contributed by atoms with Crippen molar-refractivity contribution in [3.05, 3.63) is 35.5 Å². The maximum atomic E-state index is 9.07. The summed E-state index contributed by atoms with van der Waals surface area (Å²) in [4.78, 5) is 6.43. The second-order valence-electron chi connectivity index (χ2n) is 3.79. The van der Waals surface area contributed by atoms with Crippen LogP contribution in [0.5, 0.6) is 0 Å². The van der Waals surface area contributed by atoms with Gasteiger partial charge in [-0.2, -0.15) is 0 Å². The molecular formula is C13H15ClN2O. The van der Waals surface area contributed by atoms with Crippen molar-refractivity contribution in [2.45, 2.75) is 6.92 Å². The number of likely N-dealkylation sites (N-methyl/N-ethyl adjacent to an activating group) is 1. The summed E-state index contributed by atoms with van der Waals surface area (Å²) >= 11 is 5.95. The number of hydrogen-bond acceptors (Lipinski definition) is 3. The molecule has 3 nitrogen and oxygen atoms in total. The van der Waals surface area contributed by atoms with Gasteiger partial charge in [0.05, 0.1) is 12.1 Å². The number of aromatic nitrogens is 1. The van der Waals surface area contributed by atoms with Crippen LogP contribution in [0.4, 0.5) is 5.69 Å². The highest BCUT2D eigenvalue weighted by atomic mass is 35.5. The Balaban J connectivity index is 2.53. The average molecular weight is 251 g/mol. The monoisotopic (exact) mass is 250 g/mol. The molecule has 4 heteroatoms. The summed E-state index contributed by atoms with van der Waals surface area (Å²) in [6.45, 7) is 3.68. The highest BCUT2D eigenvalue weighted by Gasteiger charge is 2.08. The molecule has 1 N–H and O–H groups in total. The van der Waals surface area contributed by atoms with Crippen LogP contribution in [-0.4, -0.2) is 29.8 Å². The summed E-state index contributed by atoms with van der Waals surface area (Å²) in [6.07, 6.45) is 1.77. The first-order valence-electron chi connectivity index (χ1n) is 5.66. The number of fused-ring (bicyclic) bond motifs is 1. The number of aliphatic hydroxyl groups is 1. The number of benzene rings is 1. The smallest absolute Gasteiger partial charge is 0.0737 e. The molecular weight excluding hydrogens is 236 g/mol. The van der Waals surface area contributed by atoms with E-state index >= 15 is 0 Å². The predicted molar refractivity (Wildman–Crippen MR) is 71.7 cm³/mol. The first kappa shape index (κ1) is 12.1. The van der Waals surface area contributed by atoms with Crippen molar-refractivity contribution >= 4 is 28.2 Å². The molecule has 0 atom stereocenters. The molecule has 0 amide bonds. The van der Waals surface area contributed by atoms with Crippen LogP contribution in [0, 0.1) is 0 Å². The van der Waals surface area contributed by atoms with Gasteiger partial charge in [0.1, 0.15) is 0 Å². The number of pyridine rings is 1. The van der Waals surface area contributed by atoms with E-state index in [0.29, 0.717) is 11.6 Å². The summed E-state index contributed by atoms with van der Waals surface area (Å²) in [7, 11) is 0. The van der Waals surface area contributed by atoms with Crippen LogP contribution in [0.2, 0.25) is 5.02 Å². The molecule has 0 saturated carbocycles. The topological polar surface area (TPSA) is 36.4 Å². The van der Waals surface area contributed by atoms with Gasteiger partial charge in [0.25, 0.3) is 0 Å². The fourth-order valence-electron chi connectivity index (χ4n) is 1.95. The van der Waals surface area contributed by atoms with E-state index in [0.717, 1.165) is 23.1 Å². The molecule has 0 aliphatic heterocycles. The Bertz CT molecular complexity index is 516. The molecule has 2 rings (SSSR count). The Morgan fingerprint density at radius 1 is 1.35 bits per heavy atom. The van der Waals surface area contributed by atoms with Crippen molar-refractivity contribution in [2.75, 3.05) is 24.6 Å². The fraction of sp³-hybridized carbons (Fsp3) is 0.308. The van der Waals surface area contributed by atoms with Crippen LogP contribution in [0.3, 0.4) is 0 Å². The lowest BCUT2D eigenvalue weighted by atomic mass is 10.1. The molecule has 0 saturated heterocycles. The van der Waals surface area contributed by atoms with E-state index in [1.54, 1.807) is 6.20 Å². The van der Waals surface area contributed by atoms with Crippen molar-refractivity contribution in [3.8, 4) is 0 Å². The van der Waals surface area contributed by atoms with Gasteiger partial charge in [-0.25, -0.2) is 0 Å². The normalized spacial score (nSPS) is 10.8. The van der Waals surface area contributed by atoms with Gasteiger partial charge >= 0.3 is 0 Å². The van der Waals surface area contributed by atoms with E-state index in [1.165, 1.54) is 0 Å². The van der Waals surface area contributed by atoms with Crippen molar-refractivity contribution < 1.29 is 5.11 Å². The summed E-state index contributed by atoms with van der Waals surface area (Å²) in [5.74, 6) is 0. The van der Waals surface area contributed by atoms with Gasteiger partial charge in [-0.3, -0.25) is 4.98 Å². The number of rotatable bonds is 4. The molecule has 0 unspecified atom stereocenters. The van der Waals surface area contributed by atoms with Gasteiger partial charge < -0.3 is 10.0 Å². The molecule has 0 aliphatic rings. The van der Waals surface area contributed by atoms with E-state index < -0.39 is 0 Å². The van der Waals surface area contributed by atoms with Gasteiger partial charge in [0.2, 0.25) is 0 Å². The van der Waals surface area contributed by atoms with Crippen LogP contribution in [-0.2, 0) is 0 Å². The van der Waals surface area contributed by atoms with Gasteiger partial charge in [0.15, 0.2) is 0 Å². The molecule has 90 valence electrons. The third-order valence-electron chi connectivity index (χ3n) is 2.77. The van der Waals surface area contributed by atoms with E-state index in [1.807, 2.05) is 24.3 Å². The Kier molecular flexibility index (Phi) is 3.82. The molecule has 0 fully saturated rings. The Morgan fingerprint density at radius 2 is 2.18 bits per heavy atom. The second-order valence-corrected chi connectivity index (χ2v) is 4.23.